The summed E-state index contributed by atoms with van der Waals surface area (Å²) in [7, 11) is 0. The van der Waals surface area contributed by atoms with Crippen LogP contribution in [0.4, 0.5) is 5.69 Å². The SMILES string of the molecule is O=C1OC(c2ccc(Cl)cc2)=C/C1=C/c1cc([N+](=O)[O-])ccc1Cl. The molecule has 0 saturated heterocycles. The van der Waals surface area contributed by atoms with Crippen molar-refractivity contribution in [3.05, 3.63) is 85.4 Å². The van der Waals surface area contributed by atoms with E-state index in [1.807, 2.05) is 0 Å². The molecular formula is C17H9Cl2NO4. The lowest BCUT2D eigenvalue weighted by Crippen LogP contribution is -1.97. The minimum Gasteiger partial charge on any atom is -0.422 e. The smallest absolute Gasteiger partial charge is 0.343 e. The minimum absolute atomic E-state index is 0.112. The fourth-order valence-corrected chi connectivity index (χ4v) is 2.47. The second-order valence-electron chi connectivity index (χ2n) is 4.97. The van der Waals surface area contributed by atoms with Crippen LogP contribution in [0.25, 0.3) is 11.8 Å². The number of carbonyl (C=O) groups excluding carboxylic acids is 1. The summed E-state index contributed by atoms with van der Waals surface area (Å²) in [5.41, 5.74) is 1.20. The highest BCUT2D eigenvalue weighted by Gasteiger charge is 2.22. The van der Waals surface area contributed by atoms with Crippen LogP contribution >= 0.6 is 23.2 Å². The van der Waals surface area contributed by atoms with E-state index in [9.17, 15) is 14.9 Å². The summed E-state index contributed by atoms with van der Waals surface area (Å²) in [6.07, 6.45) is 3.02. The van der Waals surface area contributed by atoms with Crippen LogP contribution in [0, 0.1) is 10.1 Å². The van der Waals surface area contributed by atoms with Crippen LogP contribution in [0.3, 0.4) is 0 Å². The Morgan fingerprint density at radius 3 is 2.46 bits per heavy atom. The normalized spacial score (nSPS) is 15.3. The van der Waals surface area contributed by atoms with Gasteiger partial charge in [-0.05, 0) is 42.5 Å². The molecule has 120 valence electrons. The summed E-state index contributed by atoms with van der Waals surface area (Å²) in [6, 6.07) is 10.8. The van der Waals surface area contributed by atoms with Crippen LogP contribution in [0.5, 0.6) is 0 Å². The molecule has 0 saturated carbocycles. The number of carbonyl (C=O) groups is 1. The van der Waals surface area contributed by atoms with Gasteiger partial charge in [0.1, 0.15) is 5.76 Å². The molecule has 0 amide bonds. The number of hydrogen-bond acceptors (Lipinski definition) is 4. The Hall–Kier alpha value is -2.63. The van der Waals surface area contributed by atoms with E-state index >= 15 is 0 Å². The van der Waals surface area contributed by atoms with Gasteiger partial charge in [0.15, 0.2) is 0 Å². The van der Waals surface area contributed by atoms with Crippen molar-refractivity contribution >= 4 is 46.7 Å². The number of rotatable bonds is 3. The number of benzene rings is 2. The topological polar surface area (TPSA) is 69.4 Å². The van der Waals surface area contributed by atoms with E-state index in [1.54, 1.807) is 30.3 Å². The summed E-state index contributed by atoms with van der Waals surface area (Å²) in [5.74, 6) is -0.174. The second-order valence-corrected chi connectivity index (χ2v) is 5.81. The number of cyclic esters (lactones) is 1. The van der Waals surface area contributed by atoms with Crippen LogP contribution < -0.4 is 0 Å². The number of nitro benzene ring substituents is 1. The van der Waals surface area contributed by atoms with E-state index in [0.29, 0.717) is 26.9 Å². The first-order valence-corrected chi connectivity index (χ1v) is 7.55. The number of halogens is 2. The molecule has 0 aromatic heterocycles. The molecule has 0 fully saturated rings. The van der Waals surface area contributed by atoms with E-state index in [4.69, 9.17) is 27.9 Å². The van der Waals surface area contributed by atoms with Crippen molar-refractivity contribution in [2.75, 3.05) is 0 Å². The lowest BCUT2D eigenvalue weighted by atomic mass is 10.1. The zero-order valence-corrected chi connectivity index (χ0v) is 13.5. The Bertz CT molecular complexity index is 901. The van der Waals surface area contributed by atoms with Gasteiger partial charge < -0.3 is 4.74 Å². The number of non-ortho nitro benzene ring substituents is 1. The molecule has 1 aliphatic heterocycles. The summed E-state index contributed by atoms with van der Waals surface area (Å²) < 4.78 is 5.22. The number of hydrogen-bond donors (Lipinski definition) is 0. The molecule has 0 spiro atoms. The standard InChI is InChI=1S/C17H9Cl2NO4/c18-13-3-1-10(2-4-13)16-9-12(17(21)24-16)7-11-8-14(20(22)23)5-6-15(11)19/h1-9H/b12-7-. The van der Waals surface area contributed by atoms with Crippen molar-refractivity contribution in [3.8, 4) is 0 Å². The van der Waals surface area contributed by atoms with Crippen LogP contribution in [-0.4, -0.2) is 10.9 Å². The first-order valence-electron chi connectivity index (χ1n) is 6.79. The van der Waals surface area contributed by atoms with Gasteiger partial charge in [-0.2, -0.15) is 0 Å². The van der Waals surface area contributed by atoms with Crippen molar-refractivity contribution < 1.29 is 14.5 Å². The average Bonchev–Trinajstić information content (AvgIpc) is 2.91. The maximum absolute atomic E-state index is 12.0. The number of nitro groups is 1. The van der Waals surface area contributed by atoms with E-state index in [1.165, 1.54) is 24.3 Å². The maximum atomic E-state index is 12.0. The minimum atomic E-state index is -0.553. The van der Waals surface area contributed by atoms with Crippen LogP contribution in [0.15, 0.2) is 54.1 Å². The molecule has 0 N–H and O–H groups in total. The highest BCUT2D eigenvalue weighted by atomic mass is 35.5. The molecule has 5 nitrogen and oxygen atoms in total. The molecule has 0 bridgehead atoms. The molecule has 0 unspecified atom stereocenters. The Kier molecular flexibility index (Phi) is 4.38. The fraction of sp³-hybridized carbons (Fsp3) is 0. The van der Waals surface area contributed by atoms with Crippen molar-refractivity contribution in [3.63, 3.8) is 0 Å². The zero-order chi connectivity index (χ0) is 17.3. The highest BCUT2D eigenvalue weighted by molar-refractivity contribution is 6.32. The summed E-state index contributed by atoms with van der Waals surface area (Å²) in [6.45, 7) is 0. The fourth-order valence-electron chi connectivity index (χ4n) is 2.17. The van der Waals surface area contributed by atoms with Gasteiger partial charge in [-0.25, -0.2) is 4.79 Å². The number of ether oxygens (including phenoxy) is 1. The Labute approximate surface area is 146 Å². The number of nitrogens with zero attached hydrogens (tertiary/aromatic N) is 1. The molecule has 2 aromatic carbocycles. The Balaban J connectivity index is 1.98. The summed E-state index contributed by atoms with van der Waals surface area (Å²) in [4.78, 5) is 22.3. The lowest BCUT2D eigenvalue weighted by molar-refractivity contribution is -0.384. The molecule has 1 aliphatic rings. The predicted octanol–water partition coefficient (Wildman–Crippen LogP) is 4.88. The molecule has 0 aliphatic carbocycles. The molecular weight excluding hydrogens is 353 g/mol. The molecule has 24 heavy (non-hydrogen) atoms. The van der Waals surface area contributed by atoms with Gasteiger partial charge in [0, 0.05) is 33.3 Å². The second kappa shape index (κ2) is 6.47. The van der Waals surface area contributed by atoms with Crippen LogP contribution in [0.2, 0.25) is 10.0 Å². The van der Waals surface area contributed by atoms with Crippen molar-refractivity contribution in [2.45, 2.75) is 0 Å². The lowest BCUT2D eigenvalue weighted by Gasteiger charge is -2.01. The monoisotopic (exact) mass is 361 g/mol. The van der Waals surface area contributed by atoms with Gasteiger partial charge >= 0.3 is 5.97 Å². The van der Waals surface area contributed by atoms with E-state index in [-0.39, 0.29) is 11.3 Å². The quantitative estimate of drug-likeness (QED) is 0.338. The first-order chi connectivity index (χ1) is 11.4. The van der Waals surface area contributed by atoms with Crippen molar-refractivity contribution in [1.82, 2.24) is 0 Å². The van der Waals surface area contributed by atoms with Gasteiger partial charge in [-0.3, -0.25) is 10.1 Å². The van der Waals surface area contributed by atoms with E-state index < -0.39 is 10.9 Å². The third-order valence-electron chi connectivity index (χ3n) is 3.36. The van der Waals surface area contributed by atoms with E-state index in [2.05, 4.69) is 0 Å². The average molecular weight is 362 g/mol. The maximum Gasteiger partial charge on any atom is 0.343 e. The molecule has 1 heterocycles. The largest absolute Gasteiger partial charge is 0.422 e. The van der Waals surface area contributed by atoms with Crippen LogP contribution in [0.1, 0.15) is 11.1 Å². The Morgan fingerprint density at radius 2 is 1.79 bits per heavy atom. The van der Waals surface area contributed by atoms with Gasteiger partial charge in [0.2, 0.25) is 0 Å². The molecule has 0 radical (unpaired) electrons. The third-order valence-corrected chi connectivity index (χ3v) is 3.95. The van der Waals surface area contributed by atoms with Gasteiger partial charge in [0.05, 0.1) is 10.5 Å². The van der Waals surface area contributed by atoms with Crippen molar-refractivity contribution in [1.29, 1.82) is 0 Å². The van der Waals surface area contributed by atoms with Crippen LogP contribution in [-0.2, 0) is 9.53 Å². The third kappa shape index (κ3) is 3.32. The molecule has 7 heteroatoms. The summed E-state index contributed by atoms with van der Waals surface area (Å²) >= 11 is 11.9. The van der Waals surface area contributed by atoms with Gasteiger partial charge in [-0.1, -0.05) is 23.2 Å². The molecule has 3 rings (SSSR count). The van der Waals surface area contributed by atoms with Crippen molar-refractivity contribution in [2.24, 2.45) is 0 Å². The number of esters is 1. The Morgan fingerprint density at radius 1 is 1.08 bits per heavy atom. The predicted molar refractivity (Wildman–Crippen MR) is 91.6 cm³/mol. The first kappa shape index (κ1) is 16.2. The highest BCUT2D eigenvalue weighted by Crippen LogP contribution is 2.30. The van der Waals surface area contributed by atoms with E-state index in [0.717, 1.165) is 0 Å². The van der Waals surface area contributed by atoms with Gasteiger partial charge in [0.25, 0.3) is 5.69 Å². The summed E-state index contributed by atoms with van der Waals surface area (Å²) in [5, 5.41) is 11.7. The van der Waals surface area contributed by atoms with Gasteiger partial charge in [-0.15, -0.1) is 0 Å². The molecule has 0 atom stereocenters. The zero-order valence-electron chi connectivity index (χ0n) is 12.0. The molecule has 2 aromatic rings.